The zero-order valence-electron chi connectivity index (χ0n) is 10.8. The van der Waals surface area contributed by atoms with Gasteiger partial charge in [-0.3, -0.25) is 14.5 Å². The van der Waals surface area contributed by atoms with E-state index in [-0.39, 0.29) is 18.5 Å². The van der Waals surface area contributed by atoms with Crippen molar-refractivity contribution in [2.24, 2.45) is 0 Å². The van der Waals surface area contributed by atoms with E-state index < -0.39 is 5.97 Å². The van der Waals surface area contributed by atoms with Gasteiger partial charge in [0.25, 0.3) is 0 Å². The Bertz CT molecular complexity index is 439. The highest BCUT2D eigenvalue weighted by atomic mass is 16.4. The molecule has 2 rings (SSSR count). The minimum absolute atomic E-state index is 0.0134. The van der Waals surface area contributed by atoms with Crippen LogP contribution in [0.1, 0.15) is 13.0 Å². The van der Waals surface area contributed by atoms with E-state index in [9.17, 15) is 9.59 Å². The van der Waals surface area contributed by atoms with E-state index in [2.05, 4.69) is 10.1 Å². The molecule has 19 heavy (non-hydrogen) atoms. The van der Waals surface area contributed by atoms with E-state index >= 15 is 0 Å². The van der Waals surface area contributed by atoms with Crippen LogP contribution in [0.2, 0.25) is 0 Å². The molecule has 1 aromatic rings. The van der Waals surface area contributed by atoms with Gasteiger partial charge in [0.15, 0.2) is 0 Å². The van der Waals surface area contributed by atoms with Crippen LogP contribution in [0.3, 0.4) is 0 Å². The summed E-state index contributed by atoms with van der Waals surface area (Å²) < 4.78 is 1.52. The largest absolute Gasteiger partial charge is 0.480 e. The van der Waals surface area contributed by atoms with Crippen LogP contribution in [0.5, 0.6) is 0 Å². The van der Waals surface area contributed by atoms with Gasteiger partial charge in [-0.25, -0.2) is 9.67 Å². The molecule has 0 aliphatic carbocycles. The fourth-order valence-electron chi connectivity index (χ4n) is 2.11. The second-order valence-electron chi connectivity index (χ2n) is 4.55. The van der Waals surface area contributed by atoms with Crippen molar-refractivity contribution < 1.29 is 14.7 Å². The molecule has 1 unspecified atom stereocenters. The summed E-state index contributed by atoms with van der Waals surface area (Å²) in [6, 6.07) is -0.381. The van der Waals surface area contributed by atoms with E-state index in [1.54, 1.807) is 11.8 Å². The molecule has 1 fully saturated rings. The number of hydrogen-bond donors (Lipinski definition) is 1. The first kappa shape index (κ1) is 13.5. The SMILES string of the molecule is CC(C(=O)N1CCN(CC(=O)O)CC1)n1cncn1. The maximum atomic E-state index is 12.2. The number of hydrogen-bond acceptors (Lipinski definition) is 5. The Morgan fingerprint density at radius 3 is 2.53 bits per heavy atom. The quantitative estimate of drug-likeness (QED) is 0.757. The predicted molar refractivity (Wildman–Crippen MR) is 65.4 cm³/mol. The van der Waals surface area contributed by atoms with Crippen LogP contribution in [0.4, 0.5) is 0 Å². The highest BCUT2D eigenvalue weighted by Gasteiger charge is 2.26. The molecule has 104 valence electrons. The van der Waals surface area contributed by atoms with E-state index in [1.807, 2.05) is 4.90 Å². The lowest BCUT2D eigenvalue weighted by atomic mass is 10.2. The molecule has 0 saturated carbocycles. The molecular formula is C11H17N5O3. The normalized spacial score (nSPS) is 18.3. The van der Waals surface area contributed by atoms with Gasteiger partial charge in [0.05, 0.1) is 6.54 Å². The van der Waals surface area contributed by atoms with Crippen LogP contribution >= 0.6 is 0 Å². The van der Waals surface area contributed by atoms with E-state index in [1.165, 1.54) is 17.3 Å². The zero-order chi connectivity index (χ0) is 13.8. The summed E-state index contributed by atoms with van der Waals surface area (Å²) in [4.78, 5) is 30.2. The first-order valence-electron chi connectivity index (χ1n) is 6.15. The first-order valence-corrected chi connectivity index (χ1v) is 6.15. The van der Waals surface area contributed by atoms with E-state index in [0.717, 1.165) is 0 Å². The maximum Gasteiger partial charge on any atom is 0.317 e. The van der Waals surface area contributed by atoms with Crippen molar-refractivity contribution in [1.82, 2.24) is 24.6 Å². The maximum absolute atomic E-state index is 12.2. The Morgan fingerprint density at radius 2 is 2.00 bits per heavy atom. The summed E-state index contributed by atoms with van der Waals surface area (Å²) in [5.74, 6) is -0.851. The molecular weight excluding hydrogens is 250 g/mol. The monoisotopic (exact) mass is 267 g/mol. The molecule has 8 heteroatoms. The van der Waals surface area contributed by atoms with Gasteiger partial charge < -0.3 is 10.0 Å². The van der Waals surface area contributed by atoms with Crippen LogP contribution < -0.4 is 0 Å². The van der Waals surface area contributed by atoms with E-state index in [4.69, 9.17) is 5.11 Å². The third-order valence-electron chi connectivity index (χ3n) is 3.23. The van der Waals surface area contributed by atoms with Crippen LogP contribution in [-0.4, -0.2) is 74.3 Å². The molecule has 1 amide bonds. The second kappa shape index (κ2) is 5.79. The van der Waals surface area contributed by atoms with Crippen molar-refractivity contribution in [3.63, 3.8) is 0 Å². The summed E-state index contributed by atoms with van der Waals surface area (Å²) in [6.07, 6.45) is 2.91. The predicted octanol–water partition coefficient (Wildman–Crippen LogP) is -0.932. The second-order valence-corrected chi connectivity index (χ2v) is 4.55. The Morgan fingerprint density at radius 1 is 1.32 bits per heavy atom. The molecule has 8 nitrogen and oxygen atoms in total. The average Bonchev–Trinajstić information content (AvgIpc) is 2.91. The van der Waals surface area contributed by atoms with Gasteiger partial charge in [0.2, 0.25) is 5.91 Å². The van der Waals surface area contributed by atoms with Crippen molar-refractivity contribution in [3.8, 4) is 0 Å². The molecule has 1 N–H and O–H groups in total. The van der Waals surface area contributed by atoms with Gasteiger partial charge >= 0.3 is 5.97 Å². The zero-order valence-corrected chi connectivity index (χ0v) is 10.8. The fraction of sp³-hybridized carbons (Fsp3) is 0.636. The average molecular weight is 267 g/mol. The van der Waals surface area contributed by atoms with Crippen LogP contribution in [-0.2, 0) is 9.59 Å². The van der Waals surface area contributed by atoms with Crippen molar-refractivity contribution in [2.75, 3.05) is 32.7 Å². The van der Waals surface area contributed by atoms with Crippen LogP contribution in [0, 0.1) is 0 Å². The molecule has 0 aromatic carbocycles. The lowest BCUT2D eigenvalue weighted by Gasteiger charge is -2.35. The number of amides is 1. The highest BCUT2D eigenvalue weighted by Crippen LogP contribution is 2.10. The smallest absolute Gasteiger partial charge is 0.317 e. The van der Waals surface area contributed by atoms with Gasteiger partial charge in [-0.05, 0) is 6.92 Å². The number of carbonyl (C=O) groups is 2. The summed E-state index contributed by atoms with van der Waals surface area (Å²) in [7, 11) is 0. The van der Waals surface area contributed by atoms with E-state index in [0.29, 0.717) is 26.2 Å². The molecule has 1 aliphatic heterocycles. The number of carbonyl (C=O) groups excluding carboxylic acids is 1. The van der Waals surface area contributed by atoms with Gasteiger partial charge in [0, 0.05) is 26.2 Å². The molecule has 0 radical (unpaired) electrons. The standard InChI is InChI=1S/C11H17N5O3/c1-9(16-8-12-7-13-16)11(19)15-4-2-14(3-5-15)6-10(17)18/h7-9H,2-6H2,1H3,(H,17,18). The summed E-state index contributed by atoms with van der Waals surface area (Å²) >= 11 is 0. The fourth-order valence-corrected chi connectivity index (χ4v) is 2.11. The first-order chi connectivity index (χ1) is 9.08. The molecule has 1 saturated heterocycles. The van der Waals surface area contributed by atoms with Crippen molar-refractivity contribution in [1.29, 1.82) is 0 Å². The number of rotatable bonds is 4. The lowest BCUT2D eigenvalue weighted by Crippen LogP contribution is -2.51. The minimum Gasteiger partial charge on any atom is -0.480 e. The number of piperazine rings is 1. The van der Waals surface area contributed by atoms with Crippen LogP contribution in [0.25, 0.3) is 0 Å². The molecule has 0 bridgehead atoms. The van der Waals surface area contributed by atoms with Crippen molar-refractivity contribution >= 4 is 11.9 Å². The molecule has 1 aromatic heterocycles. The Kier molecular flexibility index (Phi) is 4.10. The van der Waals surface area contributed by atoms with Gasteiger partial charge in [-0.2, -0.15) is 5.10 Å². The summed E-state index contributed by atoms with van der Waals surface area (Å²) in [5, 5.41) is 12.7. The van der Waals surface area contributed by atoms with Gasteiger partial charge in [0.1, 0.15) is 18.7 Å². The number of carboxylic acid groups (broad SMARTS) is 1. The molecule has 1 atom stereocenters. The van der Waals surface area contributed by atoms with Gasteiger partial charge in [-0.1, -0.05) is 0 Å². The van der Waals surface area contributed by atoms with Crippen molar-refractivity contribution in [3.05, 3.63) is 12.7 Å². The third kappa shape index (κ3) is 3.28. The van der Waals surface area contributed by atoms with Crippen LogP contribution in [0.15, 0.2) is 12.7 Å². The molecule has 1 aliphatic rings. The number of aromatic nitrogens is 3. The summed E-state index contributed by atoms with van der Waals surface area (Å²) in [5.41, 5.74) is 0. The Hall–Kier alpha value is -1.96. The van der Waals surface area contributed by atoms with Crippen molar-refractivity contribution in [2.45, 2.75) is 13.0 Å². The minimum atomic E-state index is -0.837. The third-order valence-corrected chi connectivity index (χ3v) is 3.23. The van der Waals surface area contributed by atoms with Gasteiger partial charge in [-0.15, -0.1) is 0 Å². The number of nitrogens with zero attached hydrogens (tertiary/aromatic N) is 5. The number of aliphatic carboxylic acids is 1. The summed E-state index contributed by atoms with van der Waals surface area (Å²) in [6.45, 7) is 4.07. The molecule has 0 spiro atoms. The Labute approximate surface area is 110 Å². The number of carboxylic acids is 1. The highest BCUT2D eigenvalue weighted by molar-refractivity contribution is 5.80. The topological polar surface area (TPSA) is 91.6 Å². The Balaban J connectivity index is 1.87. The lowest BCUT2D eigenvalue weighted by molar-refractivity contribution is -0.140. The molecule has 2 heterocycles.